The standard InChI is InChI=1S/C25H27N5O3S2/c1-16(2)30-23(17(3)33-20-12-8-11-19(13-20)32-4)28-29-25(30)35-15-22(31)27-24-26-21(14-34-24)18-9-6-5-7-10-18/h5-14,16-17H,15H2,1-4H3,(H,26,27,31). The summed E-state index contributed by atoms with van der Waals surface area (Å²) in [5.41, 5.74) is 1.86. The Morgan fingerprint density at radius 1 is 1.09 bits per heavy atom. The summed E-state index contributed by atoms with van der Waals surface area (Å²) in [4.78, 5) is 17.1. The topological polar surface area (TPSA) is 91.2 Å². The summed E-state index contributed by atoms with van der Waals surface area (Å²) in [5, 5.41) is 14.7. The van der Waals surface area contributed by atoms with Crippen LogP contribution in [-0.4, -0.2) is 38.5 Å². The molecule has 1 N–H and O–H groups in total. The van der Waals surface area contributed by atoms with Gasteiger partial charge in [0.25, 0.3) is 0 Å². The first-order valence-electron chi connectivity index (χ1n) is 11.1. The molecule has 10 heteroatoms. The average Bonchev–Trinajstić information content (AvgIpc) is 3.51. The highest BCUT2D eigenvalue weighted by atomic mass is 32.2. The predicted octanol–water partition coefficient (Wildman–Crippen LogP) is 5.86. The number of carbonyl (C=O) groups is 1. The van der Waals surface area contributed by atoms with Crippen LogP contribution in [0, 0.1) is 0 Å². The zero-order chi connectivity index (χ0) is 24.8. The van der Waals surface area contributed by atoms with Crippen molar-refractivity contribution in [2.75, 3.05) is 18.2 Å². The lowest BCUT2D eigenvalue weighted by molar-refractivity contribution is -0.113. The maximum Gasteiger partial charge on any atom is 0.236 e. The number of anilines is 1. The van der Waals surface area contributed by atoms with E-state index in [-0.39, 0.29) is 23.8 Å². The van der Waals surface area contributed by atoms with Crippen molar-refractivity contribution >= 4 is 34.1 Å². The van der Waals surface area contributed by atoms with Gasteiger partial charge in [0, 0.05) is 23.1 Å². The van der Waals surface area contributed by atoms with Gasteiger partial charge in [0.15, 0.2) is 22.2 Å². The molecule has 1 atom stereocenters. The minimum absolute atomic E-state index is 0.0920. The van der Waals surface area contributed by atoms with Crippen molar-refractivity contribution in [3.05, 3.63) is 65.8 Å². The van der Waals surface area contributed by atoms with E-state index in [1.54, 1.807) is 7.11 Å². The van der Waals surface area contributed by atoms with E-state index >= 15 is 0 Å². The quantitative estimate of drug-likeness (QED) is 0.268. The number of ether oxygens (including phenoxy) is 2. The van der Waals surface area contributed by atoms with E-state index in [1.165, 1.54) is 23.1 Å². The van der Waals surface area contributed by atoms with Gasteiger partial charge in [-0.3, -0.25) is 4.79 Å². The molecule has 2 heterocycles. The fourth-order valence-electron chi connectivity index (χ4n) is 3.44. The van der Waals surface area contributed by atoms with Crippen molar-refractivity contribution < 1.29 is 14.3 Å². The van der Waals surface area contributed by atoms with E-state index in [0.29, 0.717) is 21.9 Å². The number of rotatable bonds is 10. The third-order valence-electron chi connectivity index (χ3n) is 5.08. The monoisotopic (exact) mass is 509 g/mol. The minimum atomic E-state index is -0.341. The highest BCUT2D eigenvalue weighted by molar-refractivity contribution is 7.99. The number of carbonyl (C=O) groups excluding carboxylic acids is 1. The zero-order valence-corrected chi connectivity index (χ0v) is 21.6. The van der Waals surface area contributed by atoms with Gasteiger partial charge in [-0.15, -0.1) is 21.5 Å². The fraction of sp³-hybridized carbons (Fsp3) is 0.280. The number of thiazole rings is 1. The van der Waals surface area contributed by atoms with Crippen LogP contribution < -0.4 is 14.8 Å². The Bertz CT molecular complexity index is 1270. The predicted molar refractivity (Wildman–Crippen MR) is 139 cm³/mol. The number of nitrogens with zero attached hydrogens (tertiary/aromatic N) is 4. The molecule has 2 aromatic carbocycles. The molecule has 0 aliphatic carbocycles. The normalized spacial score (nSPS) is 11.9. The second-order valence-corrected chi connectivity index (χ2v) is 9.78. The maximum absolute atomic E-state index is 12.6. The molecule has 0 saturated heterocycles. The van der Waals surface area contributed by atoms with E-state index < -0.39 is 0 Å². The lowest BCUT2D eigenvalue weighted by Gasteiger charge is -2.19. The van der Waals surface area contributed by atoms with E-state index in [2.05, 4.69) is 34.3 Å². The Labute approximate surface area is 212 Å². The summed E-state index contributed by atoms with van der Waals surface area (Å²) in [7, 11) is 1.62. The Balaban J connectivity index is 1.39. The molecule has 0 fully saturated rings. The molecular weight excluding hydrogens is 482 g/mol. The molecule has 0 saturated carbocycles. The van der Waals surface area contributed by atoms with E-state index in [1.807, 2.05) is 71.5 Å². The molecule has 0 bridgehead atoms. The molecule has 0 radical (unpaired) electrons. The van der Waals surface area contributed by atoms with Crippen LogP contribution in [0.4, 0.5) is 5.13 Å². The van der Waals surface area contributed by atoms with E-state index in [4.69, 9.17) is 9.47 Å². The van der Waals surface area contributed by atoms with Crippen molar-refractivity contribution in [3.8, 4) is 22.8 Å². The highest BCUT2D eigenvalue weighted by Gasteiger charge is 2.22. The van der Waals surface area contributed by atoms with Crippen molar-refractivity contribution in [1.29, 1.82) is 0 Å². The molecule has 35 heavy (non-hydrogen) atoms. The molecule has 182 valence electrons. The summed E-state index contributed by atoms with van der Waals surface area (Å²) >= 11 is 2.74. The van der Waals surface area contributed by atoms with Gasteiger partial charge in [0.2, 0.25) is 5.91 Å². The van der Waals surface area contributed by atoms with Gasteiger partial charge in [0.1, 0.15) is 11.5 Å². The molecule has 1 unspecified atom stereocenters. The maximum atomic E-state index is 12.6. The van der Waals surface area contributed by atoms with Crippen molar-refractivity contribution in [2.45, 2.75) is 38.1 Å². The summed E-state index contributed by atoms with van der Waals surface area (Å²) in [6, 6.07) is 17.4. The second-order valence-electron chi connectivity index (χ2n) is 7.98. The molecule has 0 aliphatic rings. The van der Waals surface area contributed by atoms with Crippen LogP contribution in [0.1, 0.15) is 38.7 Å². The number of aromatic nitrogens is 4. The lowest BCUT2D eigenvalue weighted by atomic mass is 10.2. The third kappa shape index (κ3) is 6.20. The number of hydrogen-bond acceptors (Lipinski definition) is 8. The average molecular weight is 510 g/mol. The molecule has 1 amide bonds. The van der Waals surface area contributed by atoms with Crippen LogP contribution >= 0.6 is 23.1 Å². The third-order valence-corrected chi connectivity index (χ3v) is 6.78. The molecule has 0 aliphatic heterocycles. The van der Waals surface area contributed by atoms with Gasteiger partial charge < -0.3 is 19.4 Å². The lowest BCUT2D eigenvalue weighted by Crippen LogP contribution is -2.16. The fourth-order valence-corrected chi connectivity index (χ4v) is 5.05. The summed E-state index contributed by atoms with van der Waals surface area (Å²) < 4.78 is 13.4. The zero-order valence-electron chi connectivity index (χ0n) is 20.0. The first kappa shape index (κ1) is 24.7. The van der Waals surface area contributed by atoms with Crippen LogP contribution in [-0.2, 0) is 4.79 Å². The largest absolute Gasteiger partial charge is 0.497 e. The van der Waals surface area contributed by atoms with Gasteiger partial charge in [-0.1, -0.05) is 48.2 Å². The van der Waals surface area contributed by atoms with Crippen LogP contribution in [0.25, 0.3) is 11.3 Å². The molecule has 2 aromatic heterocycles. The highest BCUT2D eigenvalue weighted by Crippen LogP contribution is 2.29. The van der Waals surface area contributed by atoms with E-state index in [0.717, 1.165) is 17.0 Å². The van der Waals surface area contributed by atoms with Gasteiger partial charge in [-0.25, -0.2) is 4.98 Å². The molecular formula is C25H27N5O3S2. The first-order chi connectivity index (χ1) is 16.9. The van der Waals surface area contributed by atoms with Gasteiger partial charge in [-0.05, 0) is 32.9 Å². The van der Waals surface area contributed by atoms with Crippen molar-refractivity contribution in [2.24, 2.45) is 0 Å². The number of methoxy groups -OCH3 is 1. The Hall–Kier alpha value is -3.37. The van der Waals surface area contributed by atoms with Gasteiger partial charge in [0.05, 0.1) is 18.6 Å². The van der Waals surface area contributed by atoms with Crippen LogP contribution in [0.3, 0.4) is 0 Å². The number of thioether (sulfide) groups is 1. The van der Waals surface area contributed by atoms with Crippen LogP contribution in [0.15, 0.2) is 65.1 Å². The first-order valence-corrected chi connectivity index (χ1v) is 13.0. The molecule has 4 aromatic rings. The molecule has 0 spiro atoms. The number of nitrogens with one attached hydrogen (secondary N) is 1. The van der Waals surface area contributed by atoms with Crippen LogP contribution in [0.2, 0.25) is 0 Å². The number of amides is 1. The minimum Gasteiger partial charge on any atom is -0.497 e. The number of benzene rings is 2. The van der Waals surface area contributed by atoms with Crippen molar-refractivity contribution in [3.63, 3.8) is 0 Å². The second kappa shape index (κ2) is 11.4. The smallest absolute Gasteiger partial charge is 0.236 e. The summed E-state index contributed by atoms with van der Waals surface area (Å²) in [5.74, 6) is 2.14. The Morgan fingerprint density at radius 2 is 1.86 bits per heavy atom. The number of hydrogen-bond donors (Lipinski definition) is 1. The van der Waals surface area contributed by atoms with Gasteiger partial charge >= 0.3 is 0 Å². The molecule has 8 nitrogen and oxygen atoms in total. The van der Waals surface area contributed by atoms with Crippen LogP contribution in [0.5, 0.6) is 11.5 Å². The summed E-state index contributed by atoms with van der Waals surface area (Å²) in [6.07, 6.45) is -0.341. The molecule has 4 rings (SSSR count). The van der Waals surface area contributed by atoms with Crippen molar-refractivity contribution in [1.82, 2.24) is 19.7 Å². The van der Waals surface area contributed by atoms with E-state index in [9.17, 15) is 4.79 Å². The van der Waals surface area contributed by atoms with Gasteiger partial charge in [-0.2, -0.15) is 0 Å². The Kier molecular flexibility index (Phi) is 8.04. The SMILES string of the molecule is COc1cccc(OC(C)c2nnc(SCC(=O)Nc3nc(-c4ccccc4)cs3)n2C(C)C)c1. The summed E-state index contributed by atoms with van der Waals surface area (Å²) in [6.45, 7) is 6.03. The Morgan fingerprint density at radius 3 is 2.60 bits per heavy atom.